The molecular weight excluding hydrogens is 544 g/mol. The Hall–Kier alpha value is -3.43. The van der Waals surface area contributed by atoms with Crippen LogP contribution >= 0.6 is 0 Å². The van der Waals surface area contributed by atoms with E-state index in [0.717, 1.165) is 30.4 Å². The zero-order chi connectivity index (χ0) is 28.6. The molecule has 1 aromatic heterocycles. The number of fused-ring (bicyclic) bond motifs is 3. The largest absolute Gasteiger partial charge is 0.309 e. The van der Waals surface area contributed by atoms with Crippen LogP contribution in [0.15, 0.2) is 18.2 Å². The number of nitrogens with zero attached hydrogens (tertiary/aromatic N) is 2. The van der Waals surface area contributed by atoms with Gasteiger partial charge in [0.1, 0.15) is 5.82 Å². The third kappa shape index (κ3) is 4.50. The third-order valence-corrected chi connectivity index (χ3v) is 9.60. The van der Waals surface area contributed by atoms with Crippen LogP contribution < -0.4 is 5.32 Å². The SMILES string of the molecule is O=C(Cc1c(F)c(F)c(F)c(F)c1F)Nc1nc2c(nc1CC13CC4CC(CC(C4)C1)C3)-c1ccc(F)cc1CC2. The van der Waals surface area contributed by atoms with Gasteiger partial charge in [-0.05, 0) is 105 Å². The maximum atomic E-state index is 14.3. The standard InChI is InChI=1S/C31H27F6N3O/c32-18-2-3-19-17(8-18)1-4-21-29(19)38-22(13-31-10-14-5-15(11-31)7-16(6-14)12-31)30(39-21)40-23(41)9-20-24(33)26(35)28(37)27(36)25(20)34/h2-3,8,14-16H,1,4-7,9-13H2,(H,39,40,41). The first kappa shape index (κ1) is 26.5. The van der Waals surface area contributed by atoms with Gasteiger partial charge < -0.3 is 5.32 Å². The molecule has 10 heteroatoms. The number of carbonyl (C=O) groups is 1. The number of carbonyl (C=O) groups excluding carboxylic acids is 1. The average Bonchev–Trinajstić information content (AvgIpc) is 2.92. The fourth-order valence-corrected chi connectivity index (χ4v) is 8.38. The van der Waals surface area contributed by atoms with Crippen LogP contribution in [0.3, 0.4) is 0 Å². The molecule has 0 atom stereocenters. The fourth-order valence-electron chi connectivity index (χ4n) is 8.38. The van der Waals surface area contributed by atoms with Gasteiger partial charge in [0.2, 0.25) is 11.7 Å². The van der Waals surface area contributed by atoms with Crippen molar-refractivity contribution in [3.05, 3.63) is 75.6 Å². The minimum Gasteiger partial charge on any atom is -0.309 e. The fraction of sp³-hybridized carbons (Fsp3) is 0.452. The van der Waals surface area contributed by atoms with Crippen molar-refractivity contribution in [2.75, 3.05) is 5.32 Å². The van der Waals surface area contributed by atoms with E-state index in [2.05, 4.69) is 5.32 Å². The van der Waals surface area contributed by atoms with E-state index in [-0.39, 0.29) is 17.1 Å². The van der Waals surface area contributed by atoms with Gasteiger partial charge in [-0.1, -0.05) is 0 Å². The predicted octanol–water partition coefficient (Wildman–Crippen LogP) is 7.02. The molecule has 5 aliphatic rings. The Morgan fingerprint density at radius 3 is 2.07 bits per heavy atom. The van der Waals surface area contributed by atoms with Crippen LogP contribution in [0.5, 0.6) is 0 Å². The molecule has 0 aliphatic heterocycles. The van der Waals surface area contributed by atoms with Gasteiger partial charge in [0.05, 0.1) is 23.5 Å². The molecule has 0 unspecified atom stereocenters. The summed E-state index contributed by atoms with van der Waals surface area (Å²) >= 11 is 0. The lowest BCUT2D eigenvalue weighted by molar-refractivity contribution is -0.115. The minimum atomic E-state index is -2.28. The molecule has 5 aliphatic carbocycles. The molecule has 214 valence electrons. The summed E-state index contributed by atoms with van der Waals surface area (Å²) in [6, 6.07) is 4.53. The highest BCUT2D eigenvalue weighted by atomic mass is 19.2. The highest BCUT2D eigenvalue weighted by Gasteiger charge is 2.51. The van der Waals surface area contributed by atoms with E-state index in [9.17, 15) is 31.1 Å². The van der Waals surface area contributed by atoms with E-state index in [1.54, 1.807) is 6.07 Å². The summed E-state index contributed by atoms with van der Waals surface area (Å²) in [5.74, 6) is -9.75. The van der Waals surface area contributed by atoms with Crippen molar-refractivity contribution in [2.24, 2.45) is 23.2 Å². The maximum Gasteiger partial charge on any atom is 0.230 e. The van der Waals surface area contributed by atoms with Crippen LogP contribution in [0.4, 0.5) is 32.2 Å². The Labute approximate surface area is 232 Å². The number of aromatic nitrogens is 2. The van der Waals surface area contributed by atoms with Crippen molar-refractivity contribution in [1.82, 2.24) is 9.97 Å². The van der Waals surface area contributed by atoms with Gasteiger partial charge in [0.15, 0.2) is 29.1 Å². The first-order valence-corrected chi connectivity index (χ1v) is 14.1. The summed E-state index contributed by atoms with van der Waals surface area (Å²) in [6.07, 6.45) is 7.30. The first-order chi connectivity index (χ1) is 19.6. The van der Waals surface area contributed by atoms with E-state index in [4.69, 9.17) is 9.97 Å². The van der Waals surface area contributed by atoms with Crippen molar-refractivity contribution >= 4 is 11.7 Å². The second kappa shape index (κ2) is 9.56. The van der Waals surface area contributed by atoms with Crippen LogP contribution in [-0.2, 0) is 30.5 Å². The van der Waals surface area contributed by atoms with Crippen molar-refractivity contribution in [1.29, 1.82) is 0 Å². The monoisotopic (exact) mass is 571 g/mol. The average molecular weight is 572 g/mol. The Bertz CT molecular complexity index is 1540. The van der Waals surface area contributed by atoms with Crippen LogP contribution in [0, 0.1) is 58.1 Å². The molecule has 0 saturated heterocycles. The lowest BCUT2D eigenvalue weighted by atomic mass is 9.48. The summed E-state index contributed by atoms with van der Waals surface area (Å²) in [5.41, 5.74) is 2.10. The Morgan fingerprint density at radius 2 is 1.44 bits per heavy atom. The molecule has 41 heavy (non-hydrogen) atoms. The minimum absolute atomic E-state index is 0.00112. The van der Waals surface area contributed by atoms with E-state index < -0.39 is 47.0 Å². The Kier molecular flexibility index (Phi) is 6.17. The van der Waals surface area contributed by atoms with Gasteiger partial charge in [-0.3, -0.25) is 4.79 Å². The zero-order valence-corrected chi connectivity index (χ0v) is 22.1. The molecule has 4 fully saturated rings. The summed E-state index contributed by atoms with van der Waals surface area (Å²) in [4.78, 5) is 22.7. The number of benzene rings is 2. The molecular formula is C31H27F6N3O. The van der Waals surface area contributed by atoms with Crippen molar-refractivity contribution < 1.29 is 31.1 Å². The van der Waals surface area contributed by atoms with Gasteiger partial charge in [-0.15, -0.1) is 0 Å². The predicted molar refractivity (Wildman–Crippen MR) is 138 cm³/mol. The smallest absolute Gasteiger partial charge is 0.230 e. The summed E-state index contributed by atoms with van der Waals surface area (Å²) < 4.78 is 83.6. The summed E-state index contributed by atoms with van der Waals surface area (Å²) in [6.45, 7) is 0. The first-order valence-electron chi connectivity index (χ1n) is 14.1. The van der Waals surface area contributed by atoms with Gasteiger partial charge in [0.25, 0.3) is 0 Å². The van der Waals surface area contributed by atoms with Crippen molar-refractivity contribution in [3.63, 3.8) is 0 Å². The summed E-state index contributed by atoms with van der Waals surface area (Å²) in [7, 11) is 0. The highest BCUT2D eigenvalue weighted by molar-refractivity contribution is 5.92. The van der Waals surface area contributed by atoms with E-state index >= 15 is 0 Å². The molecule has 2 aromatic carbocycles. The lowest BCUT2D eigenvalue weighted by Gasteiger charge is -2.57. The highest BCUT2D eigenvalue weighted by Crippen LogP contribution is 2.61. The second-order valence-corrected chi connectivity index (χ2v) is 12.5. The quantitative estimate of drug-likeness (QED) is 0.204. The molecule has 4 bridgehead atoms. The molecule has 4 saturated carbocycles. The molecule has 1 N–H and O–H groups in total. The normalized spacial score (nSPS) is 25.7. The van der Waals surface area contributed by atoms with Crippen molar-refractivity contribution in [2.45, 2.75) is 64.2 Å². The number of hydrogen-bond donors (Lipinski definition) is 1. The van der Waals surface area contributed by atoms with Crippen molar-refractivity contribution in [3.8, 4) is 11.3 Å². The number of anilines is 1. The molecule has 3 aromatic rings. The van der Waals surface area contributed by atoms with Crippen LogP contribution in [0.2, 0.25) is 0 Å². The van der Waals surface area contributed by atoms with Gasteiger partial charge in [0, 0.05) is 11.1 Å². The van der Waals surface area contributed by atoms with Gasteiger partial charge >= 0.3 is 0 Å². The van der Waals surface area contributed by atoms with Gasteiger partial charge in [-0.25, -0.2) is 36.3 Å². The molecule has 0 radical (unpaired) electrons. The van der Waals surface area contributed by atoms with Crippen LogP contribution in [-0.4, -0.2) is 15.9 Å². The topological polar surface area (TPSA) is 54.9 Å². The lowest BCUT2D eigenvalue weighted by Crippen LogP contribution is -2.47. The van der Waals surface area contributed by atoms with E-state index in [1.165, 1.54) is 31.4 Å². The molecule has 1 amide bonds. The van der Waals surface area contributed by atoms with E-state index in [1.807, 2.05) is 0 Å². The van der Waals surface area contributed by atoms with Crippen LogP contribution in [0.1, 0.15) is 61.0 Å². The van der Waals surface area contributed by atoms with Crippen LogP contribution in [0.25, 0.3) is 11.3 Å². The third-order valence-electron chi connectivity index (χ3n) is 9.60. The Balaban J connectivity index is 1.26. The number of aryl methyl sites for hydroxylation is 2. The second-order valence-electron chi connectivity index (χ2n) is 12.5. The maximum absolute atomic E-state index is 14.3. The number of halogens is 6. The molecule has 8 rings (SSSR count). The Morgan fingerprint density at radius 1 is 0.829 bits per heavy atom. The number of amides is 1. The molecule has 4 nitrogen and oxygen atoms in total. The molecule has 0 spiro atoms. The number of nitrogens with one attached hydrogen (secondary N) is 1. The van der Waals surface area contributed by atoms with E-state index in [0.29, 0.717) is 54.1 Å². The summed E-state index contributed by atoms with van der Waals surface area (Å²) in [5, 5.41) is 2.59. The molecule has 1 heterocycles. The van der Waals surface area contributed by atoms with Gasteiger partial charge in [-0.2, -0.15) is 0 Å². The number of hydrogen-bond acceptors (Lipinski definition) is 3. The number of rotatable bonds is 5. The zero-order valence-electron chi connectivity index (χ0n) is 22.1.